The molecule has 0 bridgehead atoms. The molecule has 1 N–H and O–H groups in total. The Morgan fingerprint density at radius 1 is 1.35 bits per heavy atom. The van der Waals surface area contributed by atoms with Crippen LogP contribution in [0.1, 0.15) is 30.1 Å². The number of benzene rings is 1. The van der Waals surface area contributed by atoms with Gasteiger partial charge in [-0.1, -0.05) is 11.6 Å². The summed E-state index contributed by atoms with van der Waals surface area (Å²) >= 11 is 8.04. The maximum Gasteiger partial charge on any atom is 0.309 e. The molecule has 1 fully saturated rings. The topological polar surface area (TPSA) is 57.6 Å². The molecule has 0 radical (unpaired) electrons. The summed E-state index contributed by atoms with van der Waals surface area (Å²) in [7, 11) is 0. The molecule has 0 aromatic heterocycles. The largest absolute Gasteiger partial charge is 0.481 e. The Kier molecular flexibility index (Phi) is 4.59. The zero-order valence-corrected chi connectivity index (χ0v) is 13.9. The highest BCUT2D eigenvalue weighted by molar-refractivity contribution is 14.1. The number of carbonyl (C=O) groups is 2. The van der Waals surface area contributed by atoms with E-state index in [1.807, 2.05) is 0 Å². The van der Waals surface area contributed by atoms with Crippen molar-refractivity contribution in [1.29, 1.82) is 0 Å². The molecule has 1 aliphatic rings. The average molecular weight is 408 g/mol. The van der Waals surface area contributed by atoms with E-state index in [0.717, 1.165) is 3.57 Å². The predicted octanol–water partition coefficient (Wildman–Crippen LogP) is 3.27. The number of hydrogen-bond donors (Lipinski definition) is 1. The summed E-state index contributed by atoms with van der Waals surface area (Å²) in [6, 6.07) is 5.22. The van der Waals surface area contributed by atoms with Crippen molar-refractivity contribution < 1.29 is 14.7 Å². The zero-order chi connectivity index (χ0) is 14.9. The first-order valence-electron chi connectivity index (χ1n) is 6.31. The molecule has 0 atom stereocenters. The number of aliphatic carboxylic acids is 1. The number of carboxylic acid groups (broad SMARTS) is 1. The van der Waals surface area contributed by atoms with E-state index < -0.39 is 11.4 Å². The molecular formula is C14H15ClINO3. The third-order valence-corrected chi connectivity index (χ3v) is 5.01. The van der Waals surface area contributed by atoms with Gasteiger partial charge in [0.05, 0.1) is 11.0 Å². The summed E-state index contributed by atoms with van der Waals surface area (Å²) in [5.41, 5.74) is -0.143. The molecule has 1 aliphatic heterocycles. The van der Waals surface area contributed by atoms with Crippen molar-refractivity contribution in [2.24, 2.45) is 5.41 Å². The Balaban J connectivity index is 2.13. The lowest BCUT2D eigenvalue weighted by Crippen LogP contribution is -2.45. The van der Waals surface area contributed by atoms with Crippen LogP contribution in [0, 0.1) is 8.99 Å². The van der Waals surface area contributed by atoms with Crippen molar-refractivity contribution in [3.05, 3.63) is 32.4 Å². The molecule has 1 heterocycles. The number of nitrogens with zero attached hydrogens (tertiary/aromatic N) is 1. The molecule has 1 aromatic rings. The minimum absolute atomic E-state index is 0.0793. The fraction of sp³-hybridized carbons (Fsp3) is 0.429. The molecule has 108 valence electrons. The predicted molar refractivity (Wildman–Crippen MR) is 85.0 cm³/mol. The molecular weight excluding hydrogens is 393 g/mol. The number of halogens is 2. The van der Waals surface area contributed by atoms with Crippen LogP contribution in [0.3, 0.4) is 0 Å². The number of carboxylic acids is 1. The second-order valence-electron chi connectivity index (χ2n) is 5.28. The van der Waals surface area contributed by atoms with Gasteiger partial charge in [0, 0.05) is 21.7 Å². The third-order valence-electron chi connectivity index (χ3n) is 3.83. The number of hydrogen-bond acceptors (Lipinski definition) is 2. The van der Waals surface area contributed by atoms with Crippen molar-refractivity contribution in [3.63, 3.8) is 0 Å². The first-order valence-corrected chi connectivity index (χ1v) is 7.77. The van der Waals surface area contributed by atoms with E-state index >= 15 is 0 Å². The van der Waals surface area contributed by atoms with E-state index in [4.69, 9.17) is 11.6 Å². The zero-order valence-electron chi connectivity index (χ0n) is 11.0. The lowest BCUT2D eigenvalue weighted by Gasteiger charge is -2.36. The van der Waals surface area contributed by atoms with Crippen LogP contribution >= 0.6 is 34.2 Å². The van der Waals surface area contributed by atoms with Gasteiger partial charge in [0.2, 0.25) is 0 Å². The fourth-order valence-corrected chi connectivity index (χ4v) is 2.99. The SMILES string of the molecule is CC1(C(=O)O)CCN(C(=O)c2cc(Cl)ccc2I)CC1. The highest BCUT2D eigenvalue weighted by Gasteiger charge is 2.38. The lowest BCUT2D eigenvalue weighted by molar-refractivity contribution is -0.150. The first kappa shape index (κ1) is 15.6. The maximum absolute atomic E-state index is 12.5. The van der Waals surface area contributed by atoms with E-state index in [9.17, 15) is 14.7 Å². The van der Waals surface area contributed by atoms with Crippen molar-refractivity contribution >= 4 is 46.1 Å². The average Bonchev–Trinajstić information content (AvgIpc) is 2.41. The van der Waals surface area contributed by atoms with Gasteiger partial charge in [0.15, 0.2) is 0 Å². The molecule has 1 saturated heterocycles. The van der Waals surface area contributed by atoms with Crippen LogP contribution < -0.4 is 0 Å². The highest BCUT2D eigenvalue weighted by Crippen LogP contribution is 2.32. The van der Waals surface area contributed by atoms with E-state index in [1.165, 1.54) is 0 Å². The first-order chi connectivity index (χ1) is 9.33. The molecule has 1 aromatic carbocycles. The van der Waals surface area contributed by atoms with E-state index in [1.54, 1.807) is 30.0 Å². The summed E-state index contributed by atoms with van der Waals surface area (Å²) in [6.07, 6.45) is 0.955. The second kappa shape index (κ2) is 5.89. The third kappa shape index (κ3) is 3.09. The minimum atomic E-state index is -0.790. The highest BCUT2D eigenvalue weighted by atomic mass is 127. The van der Waals surface area contributed by atoms with Crippen LogP contribution in [0.4, 0.5) is 0 Å². The molecule has 6 heteroatoms. The number of amides is 1. The van der Waals surface area contributed by atoms with Gasteiger partial charge in [-0.05, 0) is 60.6 Å². The summed E-state index contributed by atoms with van der Waals surface area (Å²) in [6.45, 7) is 2.66. The number of likely N-dealkylation sites (tertiary alicyclic amines) is 1. The van der Waals surface area contributed by atoms with Gasteiger partial charge in [-0.3, -0.25) is 9.59 Å². The Morgan fingerprint density at radius 3 is 2.50 bits per heavy atom. The fourth-order valence-electron chi connectivity index (χ4n) is 2.25. The maximum atomic E-state index is 12.5. The molecule has 4 nitrogen and oxygen atoms in total. The second-order valence-corrected chi connectivity index (χ2v) is 6.88. The molecule has 0 saturated carbocycles. The Labute approximate surface area is 136 Å². The monoisotopic (exact) mass is 407 g/mol. The van der Waals surface area contributed by atoms with Crippen molar-refractivity contribution in [3.8, 4) is 0 Å². The minimum Gasteiger partial charge on any atom is -0.481 e. The number of rotatable bonds is 2. The summed E-state index contributed by atoms with van der Waals surface area (Å²) in [5, 5.41) is 9.73. The summed E-state index contributed by atoms with van der Waals surface area (Å²) in [4.78, 5) is 25.4. The van der Waals surface area contributed by atoms with Crippen LogP contribution in [-0.4, -0.2) is 35.0 Å². The molecule has 0 aliphatic carbocycles. The van der Waals surface area contributed by atoms with Gasteiger partial charge in [-0.15, -0.1) is 0 Å². The molecule has 1 amide bonds. The Bertz CT molecular complexity index is 553. The molecule has 0 spiro atoms. The van der Waals surface area contributed by atoms with Crippen LogP contribution in [-0.2, 0) is 4.79 Å². The smallest absolute Gasteiger partial charge is 0.309 e. The van der Waals surface area contributed by atoms with Crippen LogP contribution in [0.15, 0.2) is 18.2 Å². The van der Waals surface area contributed by atoms with E-state index in [0.29, 0.717) is 36.5 Å². The summed E-state index contributed by atoms with van der Waals surface area (Å²) < 4.78 is 0.851. The van der Waals surface area contributed by atoms with E-state index in [-0.39, 0.29) is 5.91 Å². The standard InChI is InChI=1S/C14H15ClINO3/c1-14(13(19)20)4-6-17(7-5-14)12(18)10-8-9(15)2-3-11(10)16/h2-3,8H,4-7H2,1H3,(H,19,20). The molecule has 0 unspecified atom stereocenters. The number of piperidine rings is 1. The van der Waals surface area contributed by atoms with Gasteiger partial charge < -0.3 is 10.0 Å². The number of carbonyl (C=O) groups excluding carboxylic acids is 1. The Morgan fingerprint density at radius 2 is 1.95 bits per heavy atom. The van der Waals surface area contributed by atoms with Crippen molar-refractivity contribution in [2.45, 2.75) is 19.8 Å². The normalized spacial score (nSPS) is 17.9. The van der Waals surface area contributed by atoms with Gasteiger partial charge in [-0.25, -0.2) is 0 Å². The van der Waals surface area contributed by atoms with Crippen LogP contribution in [0.5, 0.6) is 0 Å². The van der Waals surface area contributed by atoms with E-state index in [2.05, 4.69) is 22.6 Å². The molecule has 2 rings (SSSR count). The van der Waals surface area contributed by atoms with Crippen LogP contribution in [0.2, 0.25) is 5.02 Å². The van der Waals surface area contributed by atoms with Gasteiger partial charge >= 0.3 is 5.97 Å². The van der Waals surface area contributed by atoms with Gasteiger partial charge in [-0.2, -0.15) is 0 Å². The van der Waals surface area contributed by atoms with Crippen molar-refractivity contribution in [2.75, 3.05) is 13.1 Å². The van der Waals surface area contributed by atoms with Gasteiger partial charge in [0.1, 0.15) is 0 Å². The van der Waals surface area contributed by atoms with Gasteiger partial charge in [0.25, 0.3) is 5.91 Å². The lowest BCUT2D eigenvalue weighted by atomic mass is 9.80. The summed E-state index contributed by atoms with van der Waals surface area (Å²) in [5.74, 6) is -0.869. The van der Waals surface area contributed by atoms with Crippen LogP contribution in [0.25, 0.3) is 0 Å². The van der Waals surface area contributed by atoms with Crippen molar-refractivity contribution in [1.82, 2.24) is 4.90 Å². The Hall–Kier alpha value is -0.820. The quantitative estimate of drug-likeness (QED) is 0.766. The molecule has 20 heavy (non-hydrogen) atoms.